The lowest BCUT2D eigenvalue weighted by atomic mass is 9.88. The molecular formula is C20H27N. The molecule has 0 aromatic heterocycles. The van der Waals surface area contributed by atoms with Crippen LogP contribution in [0.3, 0.4) is 0 Å². The number of rotatable bonds is 3. The topological polar surface area (TPSA) is 26.0 Å². The molecule has 0 heterocycles. The minimum atomic E-state index is 0.0608. The van der Waals surface area contributed by atoms with Crippen molar-refractivity contribution in [2.75, 3.05) is 0 Å². The van der Waals surface area contributed by atoms with Gasteiger partial charge in [-0.3, -0.25) is 0 Å². The molecule has 2 N–H and O–H groups in total. The third-order valence-electron chi connectivity index (χ3n) is 4.37. The van der Waals surface area contributed by atoms with E-state index in [4.69, 9.17) is 5.73 Å². The van der Waals surface area contributed by atoms with Gasteiger partial charge in [0.2, 0.25) is 0 Å². The minimum absolute atomic E-state index is 0.0608. The maximum Gasteiger partial charge on any atom is 0.0341 e. The summed E-state index contributed by atoms with van der Waals surface area (Å²) < 4.78 is 0. The molecule has 0 amide bonds. The average Bonchev–Trinajstić information content (AvgIpc) is 2.32. The van der Waals surface area contributed by atoms with E-state index in [1.54, 1.807) is 0 Å². The van der Waals surface area contributed by atoms with E-state index in [-0.39, 0.29) is 6.04 Å². The van der Waals surface area contributed by atoms with Gasteiger partial charge in [-0.25, -0.2) is 0 Å². The first-order valence-corrected chi connectivity index (χ1v) is 7.69. The molecule has 0 saturated carbocycles. The zero-order valence-corrected chi connectivity index (χ0v) is 14.2. The molecule has 0 radical (unpaired) electrons. The van der Waals surface area contributed by atoms with Crippen LogP contribution < -0.4 is 5.73 Å². The van der Waals surface area contributed by atoms with Gasteiger partial charge >= 0.3 is 0 Å². The summed E-state index contributed by atoms with van der Waals surface area (Å²) in [5.74, 6) is 0. The Hall–Kier alpha value is -1.60. The third-order valence-corrected chi connectivity index (χ3v) is 4.37. The highest BCUT2D eigenvalue weighted by Crippen LogP contribution is 2.27. The van der Waals surface area contributed by atoms with Crippen LogP contribution in [0.4, 0.5) is 0 Å². The van der Waals surface area contributed by atoms with Crippen LogP contribution in [0, 0.1) is 41.5 Å². The van der Waals surface area contributed by atoms with Crippen molar-refractivity contribution in [3.05, 3.63) is 68.8 Å². The van der Waals surface area contributed by atoms with Crippen molar-refractivity contribution in [2.24, 2.45) is 5.73 Å². The summed E-state index contributed by atoms with van der Waals surface area (Å²) in [6.45, 7) is 13.0. The average molecular weight is 281 g/mol. The van der Waals surface area contributed by atoms with Crippen molar-refractivity contribution in [2.45, 2.75) is 54.0 Å². The van der Waals surface area contributed by atoms with Gasteiger partial charge in [0.1, 0.15) is 0 Å². The van der Waals surface area contributed by atoms with Crippen LogP contribution in [0.2, 0.25) is 0 Å². The number of benzene rings is 2. The highest BCUT2D eigenvalue weighted by Gasteiger charge is 2.15. The Kier molecular flexibility index (Phi) is 4.53. The number of hydrogen-bond acceptors (Lipinski definition) is 1. The van der Waals surface area contributed by atoms with Gasteiger partial charge in [0.15, 0.2) is 0 Å². The lowest BCUT2D eigenvalue weighted by Crippen LogP contribution is -2.17. The first-order valence-electron chi connectivity index (χ1n) is 7.69. The van der Waals surface area contributed by atoms with Crippen molar-refractivity contribution in [3.8, 4) is 0 Å². The van der Waals surface area contributed by atoms with Crippen LogP contribution in [0.15, 0.2) is 24.3 Å². The van der Waals surface area contributed by atoms with Crippen LogP contribution in [-0.2, 0) is 6.42 Å². The van der Waals surface area contributed by atoms with E-state index in [0.29, 0.717) is 0 Å². The molecule has 0 saturated heterocycles. The fourth-order valence-corrected chi connectivity index (χ4v) is 3.63. The van der Waals surface area contributed by atoms with Gasteiger partial charge in [-0.15, -0.1) is 0 Å². The van der Waals surface area contributed by atoms with Crippen molar-refractivity contribution in [1.29, 1.82) is 0 Å². The maximum absolute atomic E-state index is 6.55. The van der Waals surface area contributed by atoms with Gasteiger partial charge < -0.3 is 5.73 Å². The Morgan fingerprint density at radius 1 is 0.714 bits per heavy atom. The molecule has 0 bridgehead atoms. The monoisotopic (exact) mass is 281 g/mol. The molecule has 2 rings (SSSR count). The molecule has 2 aromatic rings. The normalized spacial score (nSPS) is 12.5. The van der Waals surface area contributed by atoms with Crippen LogP contribution in [0.25, 0.3) is 0 Å². The third kappa shape index (κ3) is 3.36. The first-order chi connectivity index (χ1) is 9.79. The zero-order chi connectivity index (χ0) is 15.7. The molecular weight excluding hydrogens is 254 g/mol. The lowest BCUT2D eigenvalue weighted by Gasteiger charge is -2.21. The highest BCUT2D eigenvalue weighted by molar-refractivity contribution is 5.43. The predicted octanol–water partition coefficient (Wildman–Crippen LogP) is 4.78. The van der Waals surface area contributed by atoms with E-state index < -0.39 is 0 Å². The Balaban J connectivity index is 2.37. The molecule has 0 aliphatic rings. The van der Waals surface area contributed by atoms with Gasteiger partial charge in [0.05, 0.1) is 0 Å². The summed E-state index contributed by atoms with van der Waals surface area (Å²) in [6.07, 6.45) is 0.905. The zero-order valence-electron chi connectivity index (χ0n) is 14.2. The Morgan fingerprint density at radius 3 is 1.52 bits per heavy atom. The van der Waals surface area contributed by atoms with Gasteiger partial charge in [-0.1, -0.05) is 35.4 Å². The van der Waals surface area contributed by atoms with Gasteiger partial charge in [0.25, 0.3) is 0 Å². The molecule has 1 heteroatoms. The second-order valence-electron chi connectivity index (χ2n) is 6.50. The summed E-state index contributed by atoms with van der Waals surface area (Å²) in [5, 5.41) is 0. The summed E-state index contributed by atoms with van der Waals surface area (Å²) >= 11 is 0. The van der Waals surface area contributed by atoms with E-state index in [1.807, 2.05) is 0 Å². The molecule has 0 spiro atoms. The first kappa shape index (κ1) is 15.8. The van der Waals surface area contributed by atoms with Crippen molar-refractivity contribution >= 4 is 0 Å². The number of nitrogens with two attached hydrogens (primary N) is 1. The van der Waals surface area contributed by atoms with E-state index >= 15 is 0 Å². The maximum atomic E-state index is 6.55. The molecule has 0 aliphatic carbocycles. The van der Waals surface area contributed by atoms with Crippen LogP contribution in [0.5, 0.6) is 0 Å². The van der Waals surface area contributed by atoms with E-state index in [2.05, 4.69) is 65.8 Å². The Labute approximate surface area is 129 Å². The largest absolute Gasteiger partial charge is 0.324 e. The molecule has 0 fully saturated rings. The summed E-state index contributed by atoms with van der Waals surface area (Å²) in [4.78, 5) is 0. The van der Waals surface area contributed by atoms with Crippen molar-refractivity contribution < 1.29 is 0 Å². The Bertz CT molecular complexity index is 622. The van der Waals surface area contributed by atoms with Crippen LogP contribution >= 0.6 is 0 Å². The fraction of sp³-hybridized carbons (Fsp3) is 0.400. The van der Waals surface area contributed by atoms with Crippen LogP contribution in [-0.4, -0.2) is 0 Å². The molecule has 0 aliphatic heterocycles. The summed E-state index contributed by atoms with van der Waals surface area (Å²) in [6, 6.07) is 9.03. The van der Waals surface area contributed by atoms with Crippen molar-refractivity contribution in [1.82, 2.24) is 0 Å². The molecule has 21 heavy (non-hydrogen) atoms. The molecule has 112 valence electrons. The Morgan fingerprint density at radius 2 is 1.10 bits per heavy atom. The lowest BCUT2D eigenvalue weighted by molar-refractivity contribution is 0.704. The van der Waals surface area contributed by atoms with Crippen LogP contribution in [0.1, 0.15) is 50.5 Å². The minimum Gasteiger partial charge on any atom is -0.324 e. The smallest absolute Gasteiger partial charge is 0.0341 e. The molecule has 1 nitrogen and oxygen atoms in total. The standard InChI is InChI=1S/C20H27N/c1-12-7-14(3)18(15(4)8-12)11-19(21)20-16(5)9-13(2)10-17(20)6/h7-10,19H,11,21H2,1-6H3/t19-/m1/s1. The predicted molar refractivity (Wildman–Crippen MR) is 91.9 cm³/mol. The van der Waals surface area contributed by atoms with Gasteiger partial charge in [0, 0.05) is 6.04 Å². The molecule has 2 aromatic carbocycles. The second-order valence-corrected chi connectivity index (χ2v) is 6.50. The fourth-order valence-electron chi connectivity index (χ4n) is 3.63. The second kappa shape index (κ2) is 6.03. The SMILES string of the molecule is Cc1cc(C)c(C[C@@H](N)c2c(C)cc(C)cc2C)c(C)c1. The van der Waals surface area contributed by atoms with E-state index in [0.717, 1.165) is 6.42 Å². The summed E-state index contributed by atoms with van der Waals surface area (Å²) in [7, 11) is 0. The van der Waals surface area contributed by atoms with Gasteiger partial charge in [-0.05, 0) is 81.3 Å². The number of aryl methyl sites for hydroxylation is 6. The number of hydrogen-bond donors (Lipinski definition) is 1. The molecule has 1 atom stereocenters. The van der Waals surface area contributed by atoms with E-state index in [1.165, 1.54) is 44.5 Å². The molecule has 0 unspecified atom stereocenters. The highest BCUT2D eigenvalue weighted by atomic mass is 14.6. The quantitative estimate of drug-likeness (QED) is 0.861. The summed E-state index contributed by atoms with van der Waals surface area (Å²) in [5.41, 5.74) is 17.2. The van der Waals surface area contributed by atoms with Crippen molar-refractivity contribution in [3.63, 3.8) is 0 Å². The van der Waals surface area contributed by atoms with E-state index in [9.17, 15) is 0 Å². The van der Waals surface area contributed by atoms with Gasteiger partial charge in [-0.2, -0.15) is 0 Å².